The average Bonchev–Trinajstić information content (AvgIpc) is 2.74. The minimum absolute atomic E-state index is 0.424. The maximum absolute atomic E-state index is 5.78. The van der Waals surface area contributed by atoms with Gasteiger partial charge in [0.25, 0.3) is 0 Å². The van der Waals surface area contributed by atoms with Gasteiger partial charge in [0.1, 0.15) is 11.6 Å². The molecular weight excluding hydrogens is 224 g/mol. The maximum Gasteiger partial charge on any atom is 0.147 e. The lowest BCUT2D eigenvalue weighted by molar-refractivity contribution is 0.456. The lowest BCUT2D eigenvalue weighted by Crippen LogP contribution is -2.14. The minimum atomic E-state index is 0.424. The van der Waals surface area contributed by atoms with Crippen LogP contribution in [0, 0.1) is 23.7 Å². The molecule has 0 radical (unpaired) electrons. The highest BCUT2D eigenvalue weighted by molar-refractivity contribution is 5.25. The number of nitrogens with two attached hydrogens (primary N) is 1. The molecule has 0 saturated heterocycles. The largest absolute Gasteiger partial charge is 0.324 e. The zero-order valence-corrected chi connectivity index (χ0v) is 11.2. The molecule has 4 atom stereocenters. The van der Waals surface area contributed by atoms with Gasteiger partial charge >= 0.3 is 0 Å². The first-order valence-electron chi connectivity index (χ1n) is 7.36. The van der Waals surface area contributed by atoms with Crippen molar-refractivity contribution in [2.24, 2.45) is 29.4 Å². The summed E-state index contributed by atoms with van der Waals surface area (Å²) < 4.78 is 2.29. The van der Waals surface area contributed by atoms with Crippen molar-refractivity contribution in [3.8, 4) is 0 Å². The number of nitrogens with zero attached hydrogens (tertiary/aromatic N) is 3. The molecule has 0 amide bonds. The Hall–Kier alpha value is -0.900. The van der Waals surface area contributed by atoms with Crippen molar-refractivity contribution in [1.29, 1.82) is 0 Å². The second kappa shape index (κ2) is 3.56. The molecule has 4 nitrogen and oxygen atoms in total. The standard InChI is InChI=1S/C14H22N4/c1-7(2)18-10(6-15)16-17-14(18)13-11-8-3-4-9(5-8)12(11)13/h7-9,11-13H,3-6,15H2,1-2H3. The van der Waals surface area contributed by atoms with E-state index in [1.165, 1.54) is 25.1 Å². The van der Waals surface area contributed by atoms with Gasteiger partial charge in [0.2, 0.25) is 0 Å². The van der Waals surface area contributed by atoms with Gasteiger partial charge in [-0.05, 0) is 56.8 Å². The van der Waals surface area contributed by atoms with Crippen LogP contribution >= 0.6 is 0 Å². The van der Waals surface area contributed by atoms with Gasteiger partial charge in [-0.2, -0.15) is 0 Å². The third-order valence-corrected chi connectivity index (χ3v) is 5.53. The zero-order chi connectivity index (χ0) is 12.4. The predicted octanol–water partition coefficient (Wildman–Crippen LogP) is 2.08. The van der Waals surface area contributed by atoms with Crippen LogP contribution in [0.3, 0.4) is 0 Å². The minimum Gasteiger partial charge on any atom is -0.324 e. The van der Waals surface area contributed by atoms with Crippen molar-refractivity contribution in [3.05, 3.63) is 11.6 Å². The second-order valence-electron chi connectivity index (χ2n) is 6.66. The highest BCUT2D eigenvalue weighted by atomic mass is 15.3. The van der Waals surface area contributed by atoms with E-state index < -0.39 is 0 Å². The van der Waals surface area contributed by atoms with Gasteiger partial charge in [0.15, 0.2) is 0 Å². The highest BCUT2D eigenvalue weighted by Gasteiger charge is 2.66. The molecule has 1 aromatic heterocycles. The monoisotopic (exact) mass is 246 g/mol. The summed E-state index contributed by atoms with van der Waals surface area (Å²) in [5, 5.41) is 8.79. The van der Waals surface area contributed by atoms with Crippen LogP contribution < -0.4 is 5.73 Å². The summed E-state index contributed by atoms with van der Waals surface area (Å²) in [6, 6.07) is 0.424. The molecule has 3 fully saturated rings. The first kappa shape index (κ1) is 11.0. The van der Waals surface area contributed by atoms with Crippen molar-refractivity contribution in [2.45, 2.75) is 51.6 Å². The first-order chi connectivity index (χ1) is 8.72. The maximum atomic E-state index is 5.78. The molecule has 18 heavy (non-hydrogen) atoms. The summed E-state index contributed by atoms with van der Waals surface area (Å²) in [5.41, 5.74) is 5.78. The lowest BCUT2D eigenvalue weighted by atomic mass is 10.0. The van der Waals surface area contributed by atoms with Gasteiger partial charge in [0, 0.05) is 12.0 Å². The van der Waals surface area contributed by atoms with Crippen molar-refractivity contribution >= 4 is 0 Å². The topological polar surface area (TPSA) is 56.7 Å². The Morgan fingerprint density at radius 1 is 1.22 bits per heavy atom. The number of fused-ring (bicyclic) bond motifs is 5. The van der Waals surface area contributed by atoms with E-state index in [9.17, 15) is 0 Å². The van der Waals surface area contributed by atoms with E-state index in [0.29, 0.717) is 18.5 Å². The van der Waals surface area contributed by atoms with E-state index in [1.54, 1.807) is 0 Å². The van der Waals surface area contributed by atoms with Crippen LogP contribution in [0.2, 0.25) is 0 Å². The lowest BCUT2D eigenvalue weighted by Gasteiger charge is -2.15. The van der Waals surface area contributed by atoms with Crippen LogP contribution in [0.25, 0.3) is 0 Å². The summed E-state index contributed by atoms with van der Waals surface area (Å²) in [5.74, 6) is 6.72. The van der Waals surface area contributed by atoms with E-state index in [4.69, 9.17) is 5.73 Å². The molecule has 0 aliphatic heterocycles. The second-order valence-corrected chi connectivity index (χ2v) is 6.66. The quantitative estimate of drug-likeness (QED) is 0.888. The summed E-state index contributed by atoms with van der Waals surface area (Å²) in [4.78, 5) is 0. The normalized spacial score (nSPS) is 40.6. The van der Waals surface area contributed by atoms with Crippen molar-refractivity contribution in [1.82, 2.24) is 14.8 Å². The Bertz CT molecular complexity index is 462. The van der Waals surface area contributed by atoms with Crippen LogP contribution in [0.4, 0.5) is 0 Å². The van der Waals surface area contributed by atoms with Gasteiger partial charge in [-0.3, -0.25) is 0 Å². The molecule has 3 aliphatic carbocycles. The molecule has 1 aromatic rings. The predicted molar refractivity (Wildman–Crippen MR) is 68.9 cm³/mol. The smallest absolute Gasteiger partial charge is 0.147 e. The fraction of sp³-hybridized carbons (Fsp3) is 0.857. The SMILES string of the molecule is CC(C)n1c(CN)nnc1C1C2C3CCC(C3)C12. The molecule has 2 N–H and O–H groups in total. The summed E-state index contributed by atoms with van der Waals surface area (Å²) in [6.45, 7) is 4.91. The summed E-state index contributed by atoms with van der Waals surface area (Å²) in [6.07, 6.45) is 4.41. The van der Waals surface area contributed by atoms with Gasteiger partial charge in [-0.15, -0.1) is 10.2 Å². The molecule has 0 aromatic carbocycles. The van der Waals surface area contributed by atoms with E-state index in [2.05, 4.69) is 28.6 Å². The van der Waals surface area contributed by atoms with E-state index in [0.717, 1.165) is 29.5 Å². The Morgan fingerprint density at radius 3 is 2.44 bits per heavy atom. The summed E-state index contributed by atoms with van der Waals surface area (Å²) >= 11 is 0. The fourth-order valence-electron chi connectivity index (χ4n) is 4.94. The van der Waals surface area contributed by atoms with Crippen LogP contribution in [-0.2, 0) is 6.54 Å². The third kappa shape index (κ3) is 1.25. The van der Waals surface area contributed by atoms with Crippen LogP contribution in [-0.4, -0.2) is 14.8 Å². The van der Waals surface area contributed by atoms with Crippen molar-refractivity contribution in [2.75, 3.05) is 0 Å². The molecule has 4 rings (SSSR count). The van der Waals surface area contributed by atoms with Crippen molar-refractivity contribution in [3.63, 3.8) is 0 Å². The van der Waals surface area contributed by atoms with Gasteiger partial charge < -0.3 is 10.3 Å². The number of rotatable bonds is 3. The van der Waals surface area contributed by atoms with E-state index in [1.807, 2.05) is 0 Å². The molecular formula is C14H22N4. The van der Waals surface area contributed by atoms with Crippen LogP contribution in [0.1, 0.15) is 56.7 Å². The molecule has 0 spiro atoms. The Labute approximate surface area is 108 Å². The first-order valence-corrected chi connectivity index (χ1v) is 7.36. The molecule has 2 bridgehead atoms. The number of aromatic nitrogens is 3. The Kier molecular flexibility index (Phi) is 2.17. The molecule has 1 heterocycles. The Morgan fingerprint density at radius 2 is 1.89 bits per heavy atom. The fourth-order valence-corrected chi connectivity index (χ4v) is 4.94. The van der Waals surface area contributed by atoms with Crippen LogP contribution in [0.5, 0.6) is 0 Å². The molecule has 98 valence electrons. The van der Waals surface area contributed by atoms with Crippen molar-refractivity contribution < 1.29 is 0 Å². The van der Waals surface area contributed by atoms with E-state index in [-0.39, 0.29) is 0 Å². The number of hydrogen-bond donors (Lipinski definition) is 1. The Balaban J connectivity index is 1.69. The van der Waals surface area contributed by atoms with Gasteiger partial charge in [0.05, 0.1) is 6.54 Å². The zero-order valence-electron chi connectivity index (χ0n) is 11.2. The molecule has 4 unspecified atom stereocenters. The number of hydrogen-bond acceptors (Lipinski definition) is 3. The van der Waals surface area contributed by atoms with Gasteiger partial charge in [-0.1, -0.05) is 0 Å². The van der Waals surface area contributed by atoms with Crippen LogP contribution in [0.15, 0.2) is 0 Å². The molecule has 3 saturated carbocycles. The van der Waals surface area contributed by atoms with E-state index >= 15 is 0 Å². The molecule has 4 heteroatoms. The third-order valence-electron chi connectivity index (χ3n) is 5.53. The highest BCUT2D eigenvalue weighted by Crippen LogP contribution is 2.72. The summed E-state index contributed by atoms with van der Waals surface area (Å²) in [7, 11) is 0. The average molecular weight is 246 g/mol. The van der Waals surface area contributed by atoms with Gasteiger partial charge in [-0.25, -0.2) is 0 Å². The molecule has 3 aliphatic rings.